The Labute approximate surface area is 130 Å². The van der Waals surface area contributed by atoms with Crippen molar-refractivity contribution < 1.29 is 13.2 Å². The second kappa shape index (κ2) is 5.94. The van der Waals surface area contributed by atoms with Gasteiger partial charge in [0.05, 0.1) is 4.90 Å². The molecule has 0 saturated carbocycles. The van der Waals surface area contributed by atoms with Crippen LogP contribution < -0.4 is 5.14 Å². The number of sulfonamides is 1. The Kier molecular flexibility index (Phi) is 4.60. The molecule has 1 heterocycles. The number of piperidine rings is 1. The van der Waals surface area contributed by atoms with Crippen LogP contribution in [-0.4, -0.2) is 32.3 Å². The zero-order chi connectivity index (χ0) is 15.8. The molecule has 5 nitrogen and oxygen atoms in total. The van der Waals surface area contributed by atoms with Gasteiger partial charge in [-0.1, -0.05) is 18.5 Å². The lowest BCUT2D eigenvalue weighted by Crippen LogP contribution is -2.39. The molecule has 0 aromatic heterocycles. The van der Waals surface area contributed by atoms with Gasteiger partial charge < -0.3 is 4.90 Å². The highest BCUT2D eigenvalue weighted by Gasteiger charge is 2.24. The fourth-order valence-corrected chi connectivity index (χ4v) is 3.73. The molecule has 21 heavy (non-hydrogen) atoms. The van der Waals surface area contributed by atoms with Crippen LogP contribution in [0, 0.1) is 12.8 Å². The van der Waals surface area contributed by atoms with E-state index in [1.54, 1.807) is 11.8 Å². The quantitative estimate of drug-likeness (QED) is 0.902. The van der Waals surface area contributed by atoms with Crippen molar-refractivity contribution in [1.29, 1.82) is 0 Å². The summed E-state index contributed by atoms with van der Waals surface area (Å²) in [5, 5.41) is 5.42. The predicted octanol–water partition coefficient (Wildman–Crippen LogP) is 2.17. The number of nitrogens with two attached hydrogens (primary N) is 1. The maximum atomic E-state index is 12.5. The van der Waals surface area contributed by atoms with Crippen molar-refractivity contribution in [3.63, 3.8) is 0 Å². The number of primary sulfonamides is 1. The molecule has 1 fully saturated rings. The summed E-state index contributed by atoms with van der Waals surface area (Å²) in [4.78, 5) is 14.2. The van der Waals surface area contributed by atoms with Crippen molar-refractivity contribution in [2.75, 3.05) is 13.1 Å². The molecular formula is C14H19ClN2O3S. The summed E-state index contributed by atoms with van der Waals surface area (Å²) in [5.74, 6) is 0.245. The lowest BCUT2D eigenvalue weighted by Gasteiger charge is -2.31. The van der Waals surface area contributed by atoms with Gasteiger partial charge >= 0.3 is 0 Å². The fourth-order valence-electron chi connectivity index (χ4n) is 2.63. The van der Waals surface area contributed by atoms with E-state index in [0.29, 0.717) is 24.6 Å². The van der Waals surface area contributed by atoms with Gasteiger partial charge in [-0.25, -0.2) is 13.6 Å². The number of amides is 1. The molecule has 1 amide bonds. The number of hydrogen-bond acceptors (Lipinski definition) is 3. The maximum absolute atomic E-state index is 12.5. The van der Waals surface area contributed by atoms with Gasteiger partial charge in [0.25, 0.3) is 5.91 Å². The highest BCUT2D eigenvalue weighted by atomic mass is 35.5. The zero-order valence-corrected chi connectivity index (χ0v) is 13.7. The average molecular weight is 331 g/mol. The Morgan fingerprint density at radius 1 is 1.43 bits per heavy atom. The predicted molar refractivity (Wildman–Crippen MR) is 81.9 cm³/mol. The van der Waals surface area contributed by atoms with Crippen LogP contribution in [-0.2, 0) is 10.0 Å². The zero-order valence-electron chi connectivity index (χ0n) is 12.1. The van der Waals surface area contributed by atoms with Gasteiger partial charge in [0.2, 0.25) is 10.0 Å². The molecule has 1 aromatic rings. The van der Waals surface area contributed by atoms with Gasteiger partial charge in [-0.2, -0.15) is 0 Å². The Morgan fingerprint density at radius 2 is 2.10 bits per heavy atom. The van der Waals surface area contributed by atoms with Crippen molar-refractivity contribution in [3.8, 4) is 0 Å². The molecule has 7 heteroatoms. The van der Waals surface area contributed by atoms with E-state index in [1.165, 1.54) is 12.1 Å². The van der Waals surface area contributed by atoms with Crippen LogP contribution in [0.3, 0.4) is 0 Å². The fraction of sp³-hybridized carbons (Fsp3) is 0.500. The summed E-state index contributed by atoms with van der Waals surface area (Å²) in [6, 6.07) is 2.82. The summed E-state index contributed by atoms with van der Waals surface area (Å²) < 4.78 is 23.2. The third-order valence-corrected chi connectivity index (χ3v) is 5.22. The van der Waals surface area contributed by atoms with Crippen LogP contribution in [0.1, 0.15) is 35.7 Å². The van der Waals surface area contributed by atoms with Crippen molar-refractivity contribution in [1.82, 2.24) is 4.90 Å². The van der Waals surface area contributed by atoms with Crippen LogP contribution >= 0.6 is 11.6 Å². The van der Waals surface area contributed by atoms with Gasteiger partial charge in [0.1, 0.15) is 0 Å². The number of benzene rings is 1. The molecule has 0 bridgehead atoms. The maximum Gasteiger partial charge on any atom is 0.253 e. The molecule has 0 radical (unpaired) electrons. The first kappa shape index (κ1) is 16.3. The molecule has 116 valence electrons. The lowest BCUT2D eigenvalue weighted by molar-refractivity contribution is 0.0683. The molecule has 0 spiro atoms. The van der Waals surface area contributed by atoms with E-state index >= 15 is 0 Å². The lowest BCUT2D eigenvalue weighted by atomic mass is 9.99. The van der Waals surface area contributed by atoms with Gasteiger partial charge in [0.15, 0.2) is 0 Å². The van der Waals surface area contributed by atoms with Gasteiger partial charge in [-0.3, -0.25) is 4.79 Å². The normalized spacial score (nSPS) is 19.6. The minimum atomic E-state index is -3.91. The highest BCUT2D eigenvalue weighted by molar-refractivity contribution is 7.89. The molecule has 2 rings (SSSR count). The minimum Gasteiger partial charge on any atom is -0.338 e. The first-order valence-electron chi connectivity index (χ1n) is 6.82. The second-order valence-corrected chi connectivity index (χ2v) is 7.56. The van der Waals surface area contributed by atoms with Gasteiger partial charge in [0, 0.05) is 23.7 Å². The van der Waals surface area contributed by atoms with Crippen molar-refractivity contribution in [2.24, 2.45) is 11.1 Å². The van der Waals surface area contributed by atoms with E-state index in [9.17, 15) is 13.2 Å². The van der Waals surface area contributed by atoms with Crippen LogP contribution in [0.2, 0.25) is 5.02 Å². The summed E-state index contributed by atoms with van der Waals surface area (Å²) >= 11 is 6.05. The number of halogens is 1. The summed E-state index contributed by atoms with van der Waals surface area (Å²) in [6.45, 7) is 5.02. The Hall–Kier alpha value is -1.11. The van der Waals surface area contributed by atoms with E-state index in [2.05, 4.69) is 6.92 Å². The van der Waals surface area contributed by atoms with E-state index in [0.717, 1.165) is 12.8 Å². The van der Waals surface area contributed by atoms with Crippen molar-refractivity contribution >= 4 is 27.5 Å². The Bertz CT molecular complexity index is 673. The average Bonchev–Trinajstić information content (AvgIpc) is 2.39. The molecule has 2 N–H and O–H groups in total. The number of likely N-dealkylation sites (tertiary alicyclic amines) is 1. The van der Waals surface area contributed by atoms with Gasteiger partial charge in [-0.15, -0.1) is 0 Å². The summed E-state index contributed by atoms with van der Waals surface area (Å²) in [7, 11) is -3.91. The molecule has 1 aliphatic heterocycles. The molecule has 1 aromatic carbocycles. The van der Waals surface area contributed by atoms with Crippen LogP contribution in [0.4, 0.5) is 0 Å². The number of carbonyl (C=O) groups excluding carboxylic acids is 1. The Morgan fingerprint density at radius 3 is 2.67 bits per heavy atom. The third-order valence-electron chi connectivity index (χ3n) is 3.79. The monoisotopic (exact) mass is 330 g/mol. The summed E-state index contributed by atoms with van der Waals surface area (Å²) in [5.41, 5.74) is 0.631. The minimum absolute atomic E-state index is 0.0941. The first-order chi connectivity index (χ1) is 9.70. The highest BCUT2D eigenvalue weighted by Crippen LogP contribution is 2.26. The van der Waals surface area contributed by atoms with Crippen molar-refractivity contribution in [3.05, 3.63) is 28.3 Å². The van der Waals surface area contributed by atoms with Gasteiger partial charge in [-0.05, 0) is 43.4 Å². The topological polar surface area (TPSA) is 80.5 Å². The smallest absolute Gasteiger partial charge is 0.253 e. The summed E-state index contributed by atoms with van der Waals surface area (Å²) in [6.07, 6.45) is 2.05. The van der Waals surface area contributed by atoms with Crippen molar-refractivity contribution in [2.45, 2.75) is 31.6 Å². The van der Waals surface area contributed by atoms with E-state index in [1.807, 2.05) is 0 Å². The number of hydrogen-bond donors (Lipinski definition) is 1. The largest absolute Gasteiger partial charge is 0.338 e. The molecule has 1 atom stereocenters. The second-order valence-electron chi connectivity index (χ2n) is 5.62. The number of carbonyl (C=O) groups is 1. The molecule has 1 aliphatic rings. The first-order valence-corrected chi connectivity index (χ1v) is 8.75. The van der Waals surface area contributed by atoms with Crippen LogP contribution in [0.15, 0.2) is 17.0 Å². The van der Waals surface area contributed by atoms with E-state index < -0.39 is 10.0 Å². The number of nitrogens with zero attached hydrogens (tertiary/aromatic N) is 1. The van der Waals surface area contributed by atoms with E-state index in [4.69, 9.17) is 16.7 Å². The molecule has 1 saturated heterocycles. The molecule has 1 unspecified atom stereocenters. The van der Waals surface area contributed by atoms with Crippen LogP contribution in [0.5, 0.6) is 0 Å². The molecule has 0 aliphatic carbocycles. The third kappa shape index (κ3) is 3.56. The molecular weight excluding hydrogens is 312 g/mol. The van der Waals surface area contributed by atoms with E-state index in [-0.39, 0.29) is 21.4 Å². The number of rotatable bonds is 2. The SMILES string of the molecule is Cc1c(Cl)cc(C(=O)N2CCCC(C)C2)cc1S(N)(=O)=O. The standard InChI is InChI=1S/C14H19ClN2O3S/c1-9-4-3-5-17(8-9)14(18)11-6-12(15)10(2)13(7-11)21(16,19)20/h6-7,9H,3-5,8H2,1-2H3,(H2,16,19,20). The van der Waals surface area contributed by atoms with Crippen LogP contribution in [0.25, 0.3) is 0 Å². The Balaban J connectivity index is 2.40.